The van der Waals surface area contributed by atoms with Crippen LogP contribution in [0, 0.1) is 0 Å². The third-order valence-corrected chi connectivity index (χ3v) is 4.66. The highest BCUT2D eigenvalue weighted by atomic mass is 16.3. The van der Waals surface area contributed by atoms with Crippen molar-refractivity contribution in [1.82, 2.24) is 10.6 Å². The second-order valence-corrected chi connectivity index (χ2v) is 6.59. The quantitative estimate of drug-likeness (QED) is 0.725. The van der Waals surface area contributed by atoms with Crippen LogP contribution in [0.15, 0.2) is 41.0 Å². The Balaban J connectivity index is 1.63. The molecule has 134 valence electrons. The Bertz CT molecular complexity index is 710. The molecule has 0 spiro atoms. The van der Waals surface area contributed by atoms with Crippen molar-refractivity contribution in [3.8, 4) is 0 Å². The Hall–Kier alpha value is -2.27. The van der Waals surface area contributed by atoms with Gasteiger partial charge in [-0.3, -0.25) is 4.79 Å². The summed E-state index contributed by atoms with van der Waals surface area (Å²) in [5, 5.41) is 6.20. The van der Waals surface area contributed by atoms with Crippen molar-refractivity contribution in [3.05, 3.63) is 53.5 Å². The fourth-order valence-electron chi connectivity index (χ4n) is 3.36. The van der Waals surface area contributed by atoms with E-state index in [4.69, 9.17) is 4.42 Å². The second-order valence-electron chi connectivity index (χ2n) is 6.59. The zero-order valence-electron chi connectivity index (χ0n) is 15.0. The molecule has 2 heterocycles. The lowest BCUT2D eigenvalue weighted by atomic mass is 10.1. The Morgan fingerprint density at radius 1 is 1.24 bits per heavy atom. The highest BCUT2D eigenvalue weighted by Gasteiger charge is 2.27. The first-order chi connectivity index (χ1) is 12.2. The molecule has 2 aromatic rings. The number of benzene rings is 1. The lowest BCUT2D eigenvalue weighted by molar-refractivity contribution is 0.0925. The summed E-state index contributed by atoms with van der Waals surface area (Å²) in [5.74, 6) is 0.283. The number of amides is 1. The second kappa shape index (κ2) is 8.21. The number of nitrogens with zero attached hydrogens (tertiary/aromatic N) is 1. The van der Waals surface area contributed by atoms with Crippen molar-refractivity contribution >= 4 is 11.6 Å². The zero-order chi connectivity index (χ0) is 17.6. The summed E-state index contributed by atoms with van der Waals surface area (Å²) in [6.07, 6.45) is 3.73. The molecular weight excluding hydrogens is 314 g/mol. The molecule has 1 aliphatic rings. The molecule has 0 saturated carbocycles. The average Bonchev–Trinajstić information content (AvgIpc) is 3.20. The van der Waals surface area contributed by atoms with Crippen LogP contribution in [0.3, 0.4) is 0 Å². The van der Waals surface area contributed by atoms with Crippen molar-refractivity contribution in [2.75, 3.05) is 24.5 Å². The molecule has 3 rings (SSSR count). The molecule has 1 unspecified atom stereocenters. The van der Waals surface area contributed by atoms with E-state index in [1.165, 1.54) is 11.3 Å². The Kier molecular flexibility index (Phi) is 5.76. The van der Waals surface area contributed by atoms with Crippen LogP contribution in [-0.4, -0.2) is 31.6 Å². The minimum absolute atomic E-state index is 0.140. The van der Waals surface area contributed by atoms with Crippen LogP contribution in [0.2, 0.25) is 0 Å². The first-order valence-corrected chi connectivity index (χ1v) is 9.10. The summed E-state index contributed by atoms with van der Waals surface area (Å²) in [4.78, 5) is 14.8. The number of carbonyl (C=O) groups is 1. The normalized spacial score (nSPS) is 16.1. The van der Waals surface area contributed by atoms with E-state index in [1.54, 1.807) is 6.26 Å². The fraction of sp³-hybridized carbons (Fsp3) is 0.450. The third kappa shape index (κ3) is 4.04. The maximum atomic E-state index is 12.4. The molecule has 1 amide bonds. The monoisotopic (exact) mass is 341 g/mol. The highest BCUT2D eigenvalue weighted by Crippen LogP contribution is 2.33. The van der Waals surface area contributed by atoms with Crippen LogP contribution >= 0.6 is 0 Å². The van der Waals surface area contributed by atoms with Gasteiger partial charge in [0.05, 0.1) is 6.26 Å². The van der Waals surface area contributed by atoms with Gasteiger partial charge in [0.15, 0.2) is 5.76 Å². The Morgan fingerprint density at radius 3 is 2.92 bits per heavy atom. The van der Waals surface area contributed by atoms with E-state index >= 15 is 0 Å². The molecule has 0 bridgehead atoms. The van der Waals surface area contributed by atoms with E-state index < -0.39 is 0 Å². The minimum atomic E-state index is -0.140. The highest BCUT2D eigenvalue weighted by molar-refractivity contribution is 5.93. The molecule has 0 aliphatic carbocycles. The van der Waals surface area contributed by atoms with Crippen LogP contribution in [-0.2, 0) is 13.0 Å². The van der Waals surface area contributed by atoms with Crippen LogP contribution in [0.5, 0.6) is 0 Å². The van der Waals surface area contributed by atoms with E-state index in [2.05, 4.69) is 53.6 Å². The fourth-order valence-corrected chi connectivity index (χ4v) is 3.36. The number of fused-ring (bicyclic) bond motifs is 1. The summed E-state index contributed by atoms with van der Waals surface area (Å²) in [5.41, 5.74) is 3.56. The zero-order valence-corrected chi connectivity index (χ0v) is 15.0. The summed E-state index contributed by atoms with van der Waals surface area (Å²) >= 11 is 0. The van der Waals surface area contributed by atoms with Crippen LogP contribution < -0.4 is 15.5 Å². The van der Waals surface area contributed by atoms with Crippen LogP contribution in [0.25, 0.3) is 0 Å². The standard InChI is InChI=1S/C20H27N3O2/c1-3-9-21-10-11-22-20(24)19-17(8-12-25-19)14-23-15(2)13-16-6-4-5-7-18(16)23/h4-8,12,15,21H,3,9-11,13-14H2,1-2H3,(H,22,24). The summed E-state index contributed by atoms with van der Waals surface area (Å²) < 4.78 is 5.48. The van der Waals surface area contributed by atoms with Gasteiger partial charge in [-0.05, 0) is 44.0 Å². The predicted octanol–water partition coefficient (Wildman–Crippen LogP) is 2.96. The van der Waals surface area contributed by atoms with Crippen molar-refractivity contribution < 1.29 is 9.21 Å². The molecule has 0 radical (unpaired) electrons. The lowest BCUT2D eigenvalue weighted by Gasteiger charge is -2.24. The number of para-hydroxylation sites is 1. The number of furan rings is 1. The first kappa shape index (κ1) is 17.5. The molecule has 5 nitrogen and oxygen atoms in total. The molecule has 0 fully saturated rings. The molecule has 25 heavy (non-hydrogen) atoms. The average molecular weight is 341 g/mol. The van der Waals surface area contributed by atoms with Gasteiger partial charge in [-0.15, -0.1) is 0 Å². The molecular formula is C20H27N3O2. The molecule has 1 aliphatic heterocycles. The molecule has 5 heteroatoms. The smallest absolute Gasteiger partial charge is 0.287 e. The van der Waals surface area contributed by atoms with E-state index in [-0.39, 0.29) is 5.91 Å². The molecule has 0 saturated heterocycles. The largest absolute Gasteiger partial charge is 0.459 e. The first-order valence-electron chi connectivity index (χ1n) is 9.10. The predicted molar refractivity (Wildman–Crippen MR) is 100.0 cm³/mol. The van der Waals surface area contributed by atoms with Gasteiger partial charge in [0.2, 0.25) is 0 Å². The van der Waals surface area contributed by atoms with E-state index in [9.17, 15) is 4.79 Å². The number of hydrogen-bond acceptors (Lipinski definition) is 4. The van der Waals surface area contributed by atoms with Gasteiger partial charge in [0.25, 0.3) is 5.91 Å². The number of rotatable bonds is 8. The van der Waals surface area contributed by atoms with Gasteiger partial charge in [0.1, 0.15) is 0 Å². The minimum Gasteiger partial charge on any atom is -0.459 e. The van der Waals surface area contributed by atoms with Gasteiger partial charge in [-0.1, -0.05) is 25.1 Å². The number of hydrogen-bond donors (Lipinski definition) is 2. The molecule has 1 aromatic heterocycles. The van der Waals surface area contributed by atoms with Crippen molar-refractivity contribution in [2.24, 2.45) is 0 Å². The molecule has 2 N–H and O–H groups in total. The molecule has 1 atom stereocenters. The third-order valence-electron chi connectivity index (χ3n) is 4.66. The lowest BCUT2D eigenvalue weighted by Crippen LogP contribution is -2.33. The summed E-state index contributed by atoms with van der Waals surface area (Å²) in [6, 6.07) is 10.8. The van der Waals surface area contributed by atoms with Gasteiger partial charge < -0.3 is 20.0 Å². The number of nitrogens with one attached hydrogen (secondary N) is 2. The number of carbonyl (C=O) groups excluding carboxylic acids is 1. The Morgan fingerprint density at radius 2 is 2.08 bits per heavy atom. The Labute approximate surface area is 149 Å². The van der Waals surface area contributed by atoms with Crippen LogP contribution in [0.1, 0.15) is 41.9 Å². The van der Waals surface area contributed by atoms with Crippen molar-refractivity contribution in [2.45, 2.75) is 39.3 Å². The SMILES string of the molecule is CCCNCCNC(=O)c1occc1CN1c2ccccc2CC1C. The van der Waals surface area contributed by atoms with Gasteiger partial charge in [-0.2, -0.15) is 0 Å². The number of anilines is 1. The maximum absolute atomic E-state index is 12.4. The van der Waals surface area contributed by atoms with Gasteiger partial charge in [-0.25, -0.2) is 0 Å². The van der Waals surface area contributed by atoms with E-state index in [0.717, 1.165) is 31.5 Å². The summed E-state index contributed by atoms with van der Waals surface area (Å²) in [6.45, 7) is 7.37. The van der Waals surface area contributed by atoms with Gasteiger partial charge >= 0.3 is 0 Å². The van der Waals surface area contributed by atoms with Crippen LogP contribution in [0.4, 0.5) is 5.69 Å². The van der Waals surface area contributed by atoms with E-state index in [0.29, 0.717) is 24.9 Å². The summed E-state index contributed by atoms with van der Waals surface area (Å²) in [7, 11) is 0. The maximum Gasteiger partial charge on any atom is 0.287 e. The van der Waals surface area contributed by atoms with Gasteiger partial charge in [0, 0.05) is 36.9 Å². The van der Waals surface area contributed by atoms with Crippen molar-refractivity contribution in [1.29, 1.82) is 0 Å². The van der Waals surface area contributed by atoms with Crippen molar-refractivity contribution in [3.63, 3.8) is 0 Å². The topological polar surface area (TPSA) is 57.5 Å². The van der Waals surface area contributed by atoms with E-state index in [1.807, 2.05) is 6.07 Å². The molecule has 1 aromatic carbocycles.